The molecular weight excluding hydrogens is 312 g/mol. The Balaban J connectivity index is 3.12. The van der Waals surface area contributed by atoms with Crippen molar-refractivity contribution in [2.24, 2.45) is 0 Å². The van der Waals surface area contributed by atoms with Gasteiger partial charge in [0.1, 0.15) is 11.4 Å². The summed E-state index contributed by atoms with van der Waals surface area (Å²) in [6.45, 7) is 7.46. The first-order valence-electron chi connectivity index (χ1n) is 5.60. The van der Waals surface area contributed by atoms with Crippen LogP contribution >= 0.6 is 34.8 Å². The number of carbonyl (C=O) groups is 1. The predicted octanol–water partition coefficient (Wildman–Crippen LogP) is 3.21. The number of hydrogen-bond acceptors (Lipinski definition) is 4. The lowest BCUT2D eigenvalue weighted by Crippen LogP contribution is -2.42. The molecule has 0 radical (unpaired) electrons. The highest BCUT2D eigenvalue weighted by atomic mass is 35.6. The number of amides is 1. The summed E-state index contributed by atoms with van der Waals surface area (Å²) in [6, 6.07) is -0.382. The first-order valence-corrected chi connectivity index (χ1v) is 6.74. The minimum atomic E-state index is -2.03. The number of hydrogen-bond donors (Lipinski definition) is 0. The van der Waals surface area contributed by atoms with E-state index in [2.05, 4.69) is 21.5 Å². The molecule has 1 atom stereocenters. The van der Waals surface area contributed by atoms with E-state index in [1.807, 2.05) is 6.92 Å². The Morgan fingerprint density at radius 3 is 2.53 bits per heavy atom. The Bertz CT molecular complexity index is 456. The van der Waals surface area contributed by atoms with Gasteiger partial charge in [-0.05, 0) is 13.3 Å². The Morgan fingerprint density at radius 1 is 1.53 bits per heavy atom. The zero-order valence-electron chi connectivity index (χ0n) is 10.6. The molecule has 0 saturated heterocycles. The molecule has 0 aliphatic carbocycles. The van der Waals surface area contributed by atoms with E-state index in [0.29, 0.717) is 17.8 Å². The smallest absolute Gasteiger partial charge is 0.275 e. The number of aryl methyl sites for hydroxylation is 1. The summed E-state index contributed by atoms with van der Waals surface area (Å²) in [5.41, 5.74) is 1.14. The van der Waals surface area contributed by atoms with E-state index < -0.39 is 9.70 Å². The SMILES string of the molecule is C=CCN(C(=O)C(Cl)(Cl)Cl)C(CC)c1nonc1C. The van der Waals surface area contributed by atoms with Gasteiger partial charge in [-0.15, -0.1) is 6.58 Å². The number of halogens is 3. The van der Waals surface area contributed by atoms with Gasteiger partial charge < -0.3 is 4.90 Å². The van der Waals surface area contributed by atoms with Crippen LogP contribution < -0.4 is 0 Å². The molecule has 0 saturated carbocycles. The number of nitrogens with zero attached hydrogens (tertiary/aromatic N) is 3. The molecule has 1 amide bonds. The number of carbonyl (C=O) groups excluding carboxylic acids is 1. The molecule has 106 valence electrons. The molecular formula is C11H14Cl3N3O2. The molecule has 0 N–H and O–H groups in total. The summed E-state index contributed by atoms with van der Waals surface area (Å²) in [7, 11) is 0. The van der Waals surface area contributed by atoms with E-state index in [0.717, 1.165) is 0 Å². The van der Waals surface area contributed by atoms with E-state index in [1.165, 1.54) is 4.90 Å². The highest BCUT2D eigenvalue weighted by Crippen LogP contribution is 2.33. The second kappa shape index (κ2) is 6.59. The molecule has 5 nitrogen and oxygen atoms in total. The van der Waals surface area contributed by atoms with Crippen molar-refractivity contribution in [2.75, 3.05) is 6.54 Å². The van der Waals surface area contributed by atoms with Crippen molar-refractivity contribution < 1.29 is 9.42 Å². The van der Waals surface area contributed by atoms with E-state index in [1.54, 1.807) is 13.0 Å². The van der Waals surface area contributed by atoms with Crippen LogP contribution in [0, 0.1) is 6.92 Å². The fourth-order valence-electron chi connectivity index (χ4n) is 1.76. The third-order valence-corrected chi connectivity index (χ3v) is 3.08. The van der Waals surface area contributed by atoms with Gasteiger partial charge in [0.25, 0.3) is 9.70 Å². The van der Waals surface area contributed by atoms with Gasteiger partial charge in [0.15, 0.2) is 0 Å². The quantitative estimate of drug-likeness (QED) is 0.616. The topological polar surface area (TPSA) is 59.2 Å². The fraction of sp³-hybridized carbons (Fsp3) is 0.545. The summed E-state index contributed by atoms with van der Waals surface area (Å²) in [5.74, 6) is -0.633. The molecule has 1 aromatic rings. The van der Waals surface area contributed by atoms with E-state index in [-0.39, 0.29) is 12.6 Å². The van der Waals surface area contributed by atoms with E-state index in [9.17, 15) is 4.79 Å². The molecule has 0 spiro atoms. The molecule has 19 heavy (non-hydrogen) atoms. The summed E-state index contributed by atoms with van der Waals surface area (Å²) in [5, 5.41) is 7.51. The van der Waals surface area contributed by atoms with Crippen LogP contribution in [0.2, 0.25) is 0 Å². The molecule has 8 heteroatoms. The Morgan fingerprint density at radius 2 is 2.16 bits per heavy atom. The first kappa shape index (κ1) is 16.3. The van der Waals surface area contributed by atoms with Crippen molar-refractivity contribution in [1.82, 2.24) is 15.2 Å². The van der Waals surface area contributed by atoms with Crippen molar-refractivity contribution in [3.8, 4) is 0 Å². The van der Waals surface area contributed by atoms with Gasteiger partial charge in [-0.25, -0.2) is 4.63 Å². The number of alkyl halides is 3. The summed E-state index contributed by atoms with van der Waals surface area (Å²) in [4.78, 5) is 13.6. The van der Waals surface area contributed by atoms with Crippen LogP contribution in [-0.4, -0.2) is 31.5 Å². The maximum Gasteiger partial charge on any atom is 0.275 e. The van der Waals surface area contributed by atoms with Gasteiger partial charge in [0.2, 0.25) is 0 Å². The zero-order valence-corrected chi connectivity index (χ0v) is 12.8. The second-order valence-electron chi connectivity index (χ2n) is 3.90. The lowest BCUT2D eigenvalue weighted by molar-refractivity contribution is -0.132. The van der Waals surface area contributed by atoms with Crippen LogP contribution in [0.25, 0.3) is 0 Å². The van der Waals surface area contributed by atoms with Gasteiger partial charge >= 0.3 is 0 Å². The summed E-state index contributed by atoms with van der Waals surface area (Å²) >= 11 is 17.0. The average molecular weight is 327 g/mol. The predicted molar refractivity (Wildman–Crippen MR) is 74.3 cm³/mol. The van der Waals surface area contributed by atoms with Crippen LogP contribution in [0.5, 0.6) is 0 Å². The van der Waals surface area contributed by atoms with Gasteiger partial charge in [-0.1, -0.05) is 58.1 Å². The molecule has 0 fully saturated rings. The van der Waals surface area contributed by atoms with Gasteiger partial charge in [-0.2, -0.15) is 0 Å². The van der Waals surface area contributed by atoms with Crippen LogP contribution in [0.3, 0.4) is 0 Å². The largest absolute Gasteiger partial charge is 0.326 e. The van der Waals surface area contributed by atoms with Gasteiger partial charge in [0.05, 0.1) is 6.04 Å². The lowest BCUT2D eigenvalue weighted by Gasteiger charge is -2.31. The molecule has 0 aliphatic rings. The molecule has 0 aliphatic heterocycles. The third kappa shape index (κ3) is 3.84. The van der Waals surface area contributed by atoms with Crippen molar-refractivity contribution in [3.05, 3.63) is 24.0 Å². The van der Waals surface area contributed by atoms with Crippen LogP contribution in [-0.2, 0) is 4.79 Å². The normalized spacial score (nSPS) is 13.1. The molecule has 1 rings (SSSR count). The molecule has 0 aromatic carbocycles. The lowest BCUT2D eigenvalue weighted by atomic mass is 10.1. The number of aromatic nitrogens is 2. The molecule has 1 heterocycles. The molecule has 1 aromatic heterocycles. The Hall–Kier alpha value is -0.780. The minimum Gasteiger partial charge on any atom is -0.326 e. The highest BCUT2D eigenvalue weighted by molar-refractivity contribution is 6.76. The van der Waals surface area contributed by atoms with Crippen LogP contribution in [0.4, 0.5) is 0 Å². The highest BCUT2D eigenvalue weighted by Gasteiger charge is 2.39. The Labute approximate surface area is 126 Å². The standard InChI is InChI=1S/C11H14Cl3N3O2/c1-4-6-17(10(18)11(12,13)14)8(5-2)9-7(3)15-19-16-9/h4,8H,1,5-6H2,2-3H3. The Kier molecular flexibility index (Phi) is 5.64. The van der Waals surface area contributed by atoms with Crippen molar-refractivity contribution in [2.45, 2.75) is 30.1 Å². The summed E-state index contributed by atoms with van der Waals surface area (Å²) < 4.78 is 2.63. The van der Waals surface area contributed by atoms with Crippen molar-refractivity contribution >= 4 is 40.7 Å². The van der Waals surface area contributed by atoms with Crippen molar-refractivity contribution in [3.63, 3.8) is 0 Å². The van der Waals surface area contributed by atoms with Crippen molar-refractivity contribution in [1.29, 1.82) is 0 Å². The number of rotatable bonds is 5. The second-order valence-corrected chi connectivity index (χ2v) is 6.18. The summed E-state index contributed by atoms with van der Waals surface area (Å²) in [6.07, 6.45) is 2.13. The van der Waals surface area contributed by atoms with E-state index >= 15 is 0 Å². The maximum absolute atomic E-state index is 12.2. The average Bonchev–Trinajstić information content (AvgIpc) is 2.73. The van der Waals surface area contributed by atoms with Gasteiger partial charge in [-0.3, -0.25) is 4.79 Å². The monoisotopic (exact) mass is 325 g/mol. The maximum atomic E-state index is 12.2. The molecule has 0 bridgehead atoms. The zero-order chi connectivity index (χ0) is 14.6. The van der Waals surface area contributed by atoms with E-state index in [4.69, 9.17) is 34.8 Å². The third-order valence-electron chi connectivity index (χ3n) is 2.60. The molecule has 1 unspecified atom stereocenters. The minimum absolute atomic E-state index is 0.234. The van der Waals surface area contributed by atoms with Crippen LogP contribution in [0.1, 0.15) is 30.8 Å². The van der Waals surface area contributed by atoms with Gasteiger partial charge in [0, 0.05) is 6.54 Å². The fourth-order valence-corrected chi connectivity index (χ4v) is 2.08. The first-order chi connectivity index (χ1) is 8.82. The van der Waals surface area contributed by atoms with Crippen LogP contribution in [0.15, 0.2) is 17.3 Å².